The monoisotopic (exact) mass is 292 g/mol. The van der Waals surface area contributed by atoms with Crippen LogP contribution < -0.4 is 9.47 Å². The number of hydrogen-bond acceptors (Lipinski definition) is 3. The van der Waals surface area contributed by atoms with Gasteiger partial charge < -0.3 is 9.47 Å². The van der Waals surface area contributed by atoms with Crippen molar-refractivity contribution in [3.8, 4) is 11.5 Å². The first-order chi connectivity index (χ1) is 10.0. The SMILES string of the molecule is COc1cccc(OC(C)C(=O)c2ccc(F)c(F)c2)c1. The van der Waals surface area contributed by atoms with Crippen LogP contribution in [-0.4, -0.2) is 19.0 Å². The lowest BCUT2D eigenvalue weighted by Crippen LogP contribution is -2.24. The average Bonchev–Trinajstić information content (AvgIpc) is 2.49. The van der Waals surface area contributed by atoms with Gasteiger partial charge in [0.25, 0.3) is 0 Å². The predicted octanol–water partition coefficient (Wildman–Crippen LogP) is 3.62. The summed E-state index contributed by atoms with van der Waals surface area (Å²) in [6, 6.07) is 9.79. The Hall–Kier alpha value is -2.43. The van der Waals surface area contributed by atoms with Crippen LogP contribution in [0.4, 0.5) is 8.78 Å². The van der Waals surface area contributed by atoms with Gasteiger partial charge in [-0.2, -0.15) is 0 Å². The second kappa shape index (κ2) is 6.35. The highest BCUT2D eigenvalue weighted by atomic mass is 19.2. The molecule has 2 rings (SSSR count). The lowest BCUT2D eigenvalue weighted by Gasteiger charge is -2.14. The minimum atomic E-state index is -1.06. The minimum Gasteiger partial charge on any atom is -0.497 e. The highest BCUT2D eigenvalue weighted by Crippen LogP contribution is 2.21. The second-order valence-electron chi connectivity index (χ2n) is 4.43. The molecule has 0 amide bonds. The van der Waals surface area contributed by atoms with Crippen LogP contribution in [0.15, 0.2) is 42.5 Å². The summed E-state index contributed by atoms with van der Waals surface area (Å²) in [5.74, 6) is -1.43. The molecule has 1 unspecified atom stereocenters. The Morgan fingerprint density at radius 1 is 1.05 bits per heavy atom. The van der Waals surface area contributed by atoms with Crippen molar-refractivity contribution in [2.45, 2.75) is 13.0 Å². The number of Topliss-reactive ketones (excluding diaryl/α,β-unsaturated/α-hetero) is 1. The van der Waals surface area contributed by atoms with E-state index in [2.05, 4.69) is 0 Å². The van der Waals surface area contributed by atoms with Crippen LogP contribution >= 0.6 is 0 Å². The van der Waals surface area contributed by atoms with Crippen molar-refractivity contribution in [1.82, 2.24) is 0 Å². The molecule has 0 saturated carbocycles. The summed E-state index contributed by atoms with van der Waals surface area (Å²) in [6.45, 7) is 1.54. The Morgan fingerprint density at radius 3 is 2.43 bits per heavy atom. The molecule has 0 fully saturated rings. The molecule has 3 nitrogen and oxygen atoms in total. The average molecular weight is 292 g/mol. The molecule has 5 heteroatoms. The molecular weight excluding hydrogens is 278 g/mol. The van der Waals surface area contributed by atoms with Crippen LogP contribution in [0.3, 0.4) is 0 Å². The molecule has 2 aromatic carbocycles. The molecule has 21 heavy (non-hydrogen) atoms. The summed E-state index contributed by atoms with van der Waals surface area (Å²) in [4.78, 5) is 12.1. The number of carbonyl (C=O) groups is 1. The Bertz CT molecular complexity index is 656. The summed E-state index contributed by atoms with van der Waals surface area (Å²) in [7, 11) is 1.52. The van der Waals surface area contributed by atoms with Crippen LogP contribution in [0.5, 0.6) is 11.5 Å². The van der Waals surface area contributed by atoms with Gasteiger partial charge >= 0.3 is 0 Å². The molecule has 0 aliphatic rings. The maximum Gasteiger partial charge on any atom is 0.203 e. The van der Waals surface area contributed by atoms with Crippen LogP contribution in [0.2, 0.25) is 0 Å². The first kappa shape index (κ1) is 15.0. The van der Waals surface area contributed by atoms with Gasteiger partial charge in [-0.3, -0.25) is 4.79 Å². The predicted molar refractivity (Wildman–Crippen MR) is 73.8 cm³/mol. The van der Waals surface area contributed by atoms with Gasteiger partial charge in [0.2, 0.25) is 5.78 Å². The summed E-state index contributed by atoms with van der Waals surface area (Å²) < 4.78 is 36.6. The van der Waals surface area contributed by atoms with Crippen molar-refractivity contribution in [2.75, 3.05) is 7.11 Å². The van der Waals surface area contributed by atoms with Crippen molar-refractivity contribution >= 4 is 5.78 Å². The third-order valence-corrected chi connectivity index (χ3v) is 2.93. The van der Waals surface area contributed by atoms with E-state index in [1.165, 1.54) is 13.2 Å². The lowest BCUT2D eigenvalue weighted by molar-refractivity contribution is 0.0817. The third-order valence-electron chi connectivity index (χ3n) is 2.93. The fourth-order valence-electron chi connectivity index (χ4n) is 1.82. The van der Waals surface area contributed by atoms with E-state index in [0.717, 1.165) is 12.1 Å². The van der Waals surface area contributed by atoms with Gasteiger partial charge in [0, 0.05) is 11.6 Å². The first-order valence-electron chi connectivity index (χ1n) is 6.31. The quantitative estimate of drug-likeness (QED) is 0.790. The third kappa shape index (κ3) is 3.56. The van der Waals surface area contributed by atoms with Crippen molar-refractivity contribution in [2.24, 2.45) is 0 Å². The topological polar surface area (TPSA) is 35.5 Å². The molecule has 0 heterocycles. The molecule has 0 aromatic heterocycles. The van der Waals surface area contributed by atoms with Crippen LogP contribution in [0.25, 0.3) is 0 Å². The van der Waals surface area contributed by atoms with E-state index < -0.39 is 23.5 Å². The summed E-state index contributed by atoms with van der Waals surface area (Å²) in [5, 5.41) is 0. The van der Waals surface area contributed by atoms with E-state index in [1.807, 2.05) is 0 Å². The molecule has 0 radical (unpaired) electrons. The van der Waals surface area contributed by atoms with Crippen LogP contribution in [-0.2, 0) is 0 Å². The zero-order chi connectivity index (χ0) is 15.4. The Labute approximate surface area is 121 Å². The smallest absolute Gasteiger partial charge is 0.203 e. The van der Waals surface area contributed by atoms with E-state index in [9.17, 15) is 13.6 Å². The summed E-state index contributed by atoms with van der Waals surface area (Å²) in [5.41, 5.74) is 0.0595. The second-order valence-corrected chi connectivity index (χ2v) is 4.43. The lowest BCUT2D eigenvalue weighted by atomic mass is 10.1. The van der Waals surface area contributed by atoms with E-state index in [-0.39, 0.29) is 5.56 Å². The molecule has 0 spiro atoms. The molecule has 2 aromatic rings. The van der Waals surface area contributed by atoms with Gasteiger partial charge in [-0.05, 0) is 37.3 Å². The first-order valence-corrected chi connectivity index (χ1v) is 6.31. The van der Waals surface area contributed by atoms with Crippen molar-refractivity contribution in [3.63, 3.8) is 0 Å². The van der Waals surface area contributed by atoms with Crippen molar-refractivity contribution < 1.29 is 23.0 Å². The van der Waals surface area contributed by atoms with E-state index in [4.69, 9.17) is 9.47 Å². The van der Waals surface area contributed by atoms with Gasteiger partial charge in [-0.15, -0.1) is 0 Å². The van der Waals surface area contributed by atoms with E-state index >= 15 is 0 Å². The molecule has 0 aliphatic carbocycles. The minimum absolute atomic E-state index is 0.0595. The molecule has 1 atom stereocenters. The fourth-order valence-corrected chi connectivity index (χ4v) is 1.82. The molecule has 0 N–H and O–H groups in total. The zero-order valence-electron chi connectivity index (χ0n) is 11.6. The normalized spacial score (nSPS) is 11.8. The number of carbonyl (C=O) groups excluding carboxylic acids is 1. The molecular formula is C16H14F2O3. The fraction of sp³-hybridized carbons (Fsp3) is 0.188. The number of ether oxygens (including phenoxy) is 2. The van der Waals surface area contributed by atoms with E-state index in [0.29, 0.717) is 11.5 Å². The van der Waals surface area contributed by atoms with Crippen molar-refractivity contribution in [1.29, 1.82) is 0 Å². The van der Waals surface area contributed by atoms with Gasteiger partial charge in [-0.1, -0.05) is 6.07 Å². The number of methoxy groups -OCH3 is 1. The molecule has 0 bridgehead atoms. The van der Waals surface area contributed by atoms with Gasteiger partial charge in [0.15, 0.2) is 17.7 Å². The highest BCUT2D eigenvalue weighted by Gasteiger charge is 2.18. The number of benzene rings is 2. The number of rotatable bonds is 5. The Morgan fingerprint density at radius 2 is 1.76 bits per heavy atom. The maximum atomic E-state index is 13.1. The van der Waals surface area contributed by atoms with Gasteiger partial charge in [0.05, 0.1) is 7.11 Å². The van der Waals surface area contributed by atoms with Crippen LogP contribution in [0, 0.1) is 11.6 Å². The molecule has 0 aliphatic heterocycles. The number of halogens is 2. The number of hydrogen-bond donors (Lipinski definition) is 0. The van der Waals surface area contributed by atoms with Crippen molar-refractivity contribution in [3.05, 3.63) is 59.7 Å². The number of ketones is 1. The van der Waals surface area contributed by atoms with Crippen LogP contribution in [0.1, 0.15) is 17.3 Å². The van der Waals surface area contributed by atoms with Gasteiger partial charge in [0.1, 0.15) is 11.5 Å². The standard InChI is InChI=1S/C16H14F2O3/c1-10(21-13-5-3-4-12(9-13)20-2)16(19)11-6-7-14(17)15(18)8-11/h3-10H,1-2H3. The Balaban J connectivity index is 2.13. The largest absolute Gasteiger partial charge is 0.497 e. The summed E-state index contributed by atoms with van der Waals surface area (Å²) >= 11 is 0. The molecule has 110 valence electrons. The summed E-state index contributed by atoms with van der Waals surface area (Å²) in [6.07, 6.45) is -0.832. The highest BCUT2D eigenvalue weighted by molar-refractivity contribution is 5.99. The van der Waals surface area contributed by atoms with E-state index in [1.54, 1.807) is 31.2 Å². The molecule has 0 saturated heterocycles. The van der Waals surface area contributed by atoms with Gasteiger partial charge in [-0.25, -0.2) is 8.78 Å². The maximum absolute atomic E-state index is 13.1. The Kier molecular flexibility index (Phi) is 4.52. The zero-order valence-corrected chi connectivity index (χ0v) is 11.6.